The van der Waals surface area contributed by atoms with E-state index in [0.717, 1.165) is 25.7 Å². The molecule has 6 heteroatoms. The number of anilines is 1. The van der Waals surface area contributed by atoms with Crippen molar-refractivity contribution in [3.63, 3.8) is 0 Å². The van der Waals surface area contributed by atoms with E-state index in [4.69, 9.17) is 5.73 Å². The summed E-state index contributed by atoms with van der Waals surface area (Å²) in [5, 5.41) is 16.6. The molecule has 1 aliphatic rings. The monoisotopic (exact) mass is 252 g/mol. The van der Waals surface area contributed by atoms with E-state index < -0.39 is 0 Å². The summed E-state index contributed by atoms with van der Waals surface area (Å²) in [4.78, 5) is 11.7. The molecule has 0 spiro atoms. The molecule has 1 aromatic heterocycles. The molecule has 1 amide bonds. The second-order valence-electron chi connectivity index (χ2n) is 4.85. The number of nitrogens with zero attached hydrogens (tertiary/aromatic N) is 2. The highest BCUT2D eigenvalue weighted by molar-refractivity contribution is 5.75. The summed E-state index contributed by atoms with van der Waals surface area (Å²) in [6.07, 6.45) is 5.43. The molecule has 1 aromatic rings. The molecule has 6 nitrogen and oxygen atoms in total. The molecule has 1 fully saturated rings. The molecule has 100 valence electrons. The Hall–Kier alpha value is -1.56. The molecule has 0 aliphatic heterocycles. The summed E-state index contributed by atoms with van der Waals surface area (Å²) in [6.45, 7) is 0.705. The molecule has 1 saturated carbocycles. The molecule has 1 aliphatic carbocycles. The minimum Gasteiger partial charge on any atom is -0.393 e. The Morgan fingerprint density at radius 3 is 3.00 bits per heavy atom. The smallest absolute Gasteiger partial charge is 0.241 e. The van der Waals surface area contributed by atoms with E-state index in [1.807, 2.05) is 0 Å². The van der Waals surface area contributed by atoms with Gasteiger partial charge in [0, 0.05) is 18.7 Å². The Bertz CT molecular complexity index is 405. The first kappa shape index (κ1) is 12.9. The highest BCUT2D eigenvalue weighted by Crippen LogP contribution is 2.23. The molecular formula is C12H20N4O2. The van der Waals surface area contributed by atoms with E-state index in [1.165, 1.54) is 4.68 Å². The number of amides is 1. The van der Waals surface area contributed by atoms with E-state index in [9.17, 15) is 9.90 Å². The lowest BCUT2D eigenvalue weighted by atomic mass is 9.86. The van der Waals surface area contributed by atoms with E-state index in [1.54, 1.807) is 12.3 Å². The van der Waals surface area contributed by atoms with Crippen molar-refractivity contribution in [2.45, 2.75) is 38.3 Å². The number of nitrogens with one attached hydrogen (secondary N) is 1. The Balaban J connectivity index is 1.74. The van der Waals surface area contributed by atoms with Gasteiger partial charge < -0.3 is 16.2 Å². The number of carbonyl (C=O) groups excluding carboxylic acids is 1. The Labute approximate surface area is 106 Å². The number of rotatable bonds is 4. The zero-order chi connectivity index (χ0) is 13.0. The molecular weight excluding hydrogens is 232 g/mol. The maximum Gasteiger partial charge on any atom is 0.241 e. The van der Waals surface area contributed by atoms with Crippen molar-refractivity contribution in [1.82, 2.24) is 15.1 Å². The van der Waals surface area contributed by atoms with Crippen molar-refractivity contribution in [3.05, 3.63) is 12.3 Å². The Kier molecular flexibility index (Phi) is 4.19. The van der Waals surface area contributed by atoms with Crippen molar-refractivity contribution in [1.29, 1.82) is 0 Å². The summed E-state index contributed by atoms with van der Waals surface area (Å²) in [6, 6.07) is 1.65. The average molecular weight is 252 g/mol. The number of aromatic nitrogens is 2. The number of hydrogen-bond donors (Lipinski definition) is 3. The van der Waals surface area contributed by atoms with Crippen LogP contribution in [0.1, 0.15) is 25.7 Å². The van der Waals surface area contributed by atoms with Crippen LogP contribution in [0.15, 0.2) is 12.3 Å². The minimum absolute atomic E-state index is 0.101. The third-order valence-electron chi connectivity index (χ3n) is 3.40. The molecule has 2 unspecified atom stereocenters. The van der Waals surface area contributed by atoms with E-state index >= 15 is 0 Å². The predicted molar refractivity (Wildman–Crippen MR) is 67.6 cm³/mol. The summed E-state index contributed by atoms with van der Waals surface area (Å²) >= 11 is 0. The van der Waals surface area contributed by atoms with Crippen molar-refractivity contribution in [2.24, 2.45) is 5.92 Å². The fourth-order valence-corrected chi connectivity index (χ4v) is 2.34. The van der Waals surface area contributed by atoms with Gasteiger partial charge in [-0.05, 0) is 18.9 Å². The number of aliphatic hydroxyl groups is 1. The predicted octanol–water partition coefficient (Wildman–Crippen LogP) is 0.133. The highest BCUT2D eigenvalue weighted by Gasteiger charge is 2.23. The van der Waals surface area contributed by atoms with Crippen LogP contribution in [0.4, 0.5) is 5.82 Å². The summed E-state index contributed by atoms with van der Waals surface area (Å²) < 4.78 is 1.50. The van der Waals surface area contributed by atoms with Gasteiger partial charge in [0.05, 0.1) is 6.10 Å². The molecule has 0 radical (unpaired) electrons. The second kappa shape index (κ2) is 5.86. The van der Waals surface area contributed by atoms with Crippen LogP contribution in [0, 0.1) is 5.92 Å². The van der Waals surface area contributed by atoms with Crippen molar-refractivity contribution < 1.29 is 9.90 Å². The van der Waals surface area contributed by atoms with Crippen LogP contribution < -0.4 is 11.1 Å². The van der Waals surface area contributed by atoms with Gasteiger partial charge >= 0.3 is 0 Å². The van der Waals surface area contributed by atoms with Gasteiger partial charge in [0.15, 0.2) is 0 Å². The zero-order valence-electron chi connectivity index (χ0n) is 10.4. The van der Waals surface area contributed by atoms with Gasteiger partial charge in [0.2, 0.25) is 5.91 Å². The molecule has 0 bridgehead atoms. The van der Waals surface area contributed by atoms with Crippen LogP contribution >= 0.6 is 0 Å². The van der Waals surface area contributed by atoms with Crippen LogP contribution in [0.5, 0.6) is 0 Å². The van der Waals surface area contributed by atoms with Crippen molar-refractivity contribution in [2.75, 3.05) is 12.3 Å². The lowest BCUT2D eigenvalue weighted by molar-refractivity contribution is -0.122. The van der Waals surface area contributed by atoms with Crippen LogP contribution in [0.2, 0.25) is 0 Å². The number of hydrogen-bond acceptors (Lipinski definition) is 4. The van der Waals surface area contributed by atoms with Crippen LogP contribution in [-0.2, 0) is 11.3 Å². The Morgan fingerprint density at radius 1 is 1.56 bits per heavy atom. The maximum absolute atomic E-state index is 11.7. The summed E-state index contributed by atoms with van der Waals surface area (Å²) in [5.74, 6) is 0.492. The van der Waals surface area contributed by atoms with Crippen LogP contribution in [0.3, 0.4) is 0 Å². The van der Waals surface area contributed by atoms with Gasteiger partial charge in [-0.2, -0.15) is 5.10 Å². The molecule has 0 aromatic carbocycles. The maximum atomic E-state index is 11.7. The molecule has 2 rings (SSSR count). The number of nitrogens with two attached hydrogens (primary N) is 1. The molecule has 18 heavy (non-hydrogen) atoms. The largest absolute Gasteiger partial charge is 0.393 e. The Morgan fingerprint density at radius 2 is 2.33 bits per heavy atom. The SMILES string of the molecule is Nc1ccn(CC(=O)NCC2CCCCC2O)n1. The van der Waals surface area contributed by atoms with E-state index in [0.29, 0.717) is 12.4 Å². The first-order chi connectivity index (χ1) is 8.65. The first-order valence-electron chi connectivity index (χ1n) is 6.39. The van der Waals surface area contributed by atoms with Crippen LogP contribution in [-0.4, -0.2) is 33.4 Å². The first-order valence-corrected chi connectivity index (χ1v) is 6.39. The standard InChI is InChI=1S/C12H20N4O2/c13-11-5-6-16(15-11)8-12(18)14-7-9-3-1-2-4-10(9)17/h5-6,9-10,17H,1-4,7-8H2,(H2,13,15)(H,14,18). The normalized spacial score (nSPS) is 23.8. The van der Waals surface area contributed by atoms with Gasteiger partial charge in [-0.15, -0.1) is 0 Å². The third kappa shape index (κ3) is 3.46. The molecule has 4 N–H and O–H groups in total. The van der Waals surface area contributed by atoms with Gasteiger partial charge in [-0.1, -0.05) is 12.8 Å². The summed E-state index contributed by atoms with van der Waals surface area (Å²) in [5.41, 5.74) is 5.47. The van der Waals surface area contributed by atoms with Gasteiger partial charge in [-0.3, -0.25) is 9.48 Å². The third-order valence-corrected chi connectivity index (χ3v) is 3.40. The van der Waals surface area contributed by atoms with Gasteiger partial charge in [0.25, 0.3) is 0 Å². The minimum atomic E-state index is -0.278. The average Bonchev–Trinajstić information content (AvgIpc) is 2.74. The second-order valence-corrected chi connectivity index (χ2v) is 4.85. The van der Waals surface area contributed by atoms with Crippen molar-refractivity contribution >= 4 is 11.7 Å². The fraction of sp³-hybridized carbons (Fsp3) is 0.667. The quantitative estimate of drug-likeness (QED) is 0.710. The molecule has 1 heterocycles. The fourth-order valence-electron chi connectivity index (χ4n) is 2.34. The van der Waals surface area contributed by atoms with Crippen molar-refractivity contribution in [3.8, 4) is 0 Å². The van der Waals surface area contributed by atoms with Gasteiger partial charge in [0.1, 0.15) is 12.4 Å². The number of aliphatic hydroxyl groups excluding tert-OH is 1. The number of nitrogen functional groups attached to an aromatic ring is 1. The summed E-state index contributed by atoms with van der Waals surface area (Å²) in [7, 11) is 0. The lowest BCUT2D eigenvalue weighted by Crippen LogP contribution is -2.38. The molecule has 2 atom stereocenters. The molecule has 0 saturated heterocycles. The van der Waals surface area contributed by atoms with Crippen LogP contribution in [0.25, 0.3) is 0 Å². The van der Waals surface area contributed by atoms with E-state index in [2.05, 4.69) is 10.4 Å². The topological polar surface area (TPSA) is 93.2 Å². The highest BCUT2D eigenvalue weighted by atomic mass is 16.3. The number of carbonyl (C=O) groups is 1. The van der Waals surface area contributed by atoms with E-state index in [-0.39, 0.29) is 24.5 Å². The van der Waals surface area contributed by atoms with Gasteiger partial charge in [-0.25, -0.2) is 0 Å². The lowest BCUT2D eigenvalue weighted by Gasteiger charge is -2.27. The zero-order valence-corrected chi connectivity index (χ0v) is 10.4.